The third kappa shape index (κ3) is 4.58. The first-order valence-electron chi connectivity index (χ1n) is 13.4. The van der Waals surface area contributed by atoms with E-state index in [1.807, 2.05) is 111 Å². The van der Waals surface area contributed by atoms with Gasteiger partial charge in [-0.2, -0.15) is 0 Å². The van der Waals surface area contributed by atoms with Crippen LogP contribution in [-0.2, 0) is 21.0 Å². The lowest BCUT2D eigenvalue weighted by Crippen LogP contribution is -2.37. The van der Waals surface area contributed by atoms with Crippen molar-refractivity contribution in [3.05, 3.63) is 120 Å². The second kappa shape index (κ2) is 10.9. The van der Waals surface area contributed by atoms with E-state index >= 15 is 0 Å². The molecule has 0 saturated carbocycles. The molecule has 2 amide bonds. The number of anilines is 2. The molecule has 0 unspecified atom stereocenters. The molecule has 7 nitrogen and oxygen atoms in total. The molecule has 2 saturated heterocycles. The molecular weight excluding hydrogens is 504 g/mol. The fourth-order valence-corrected chi connectivity index (χ4v) is 5.44. The summed E-state index contributed by atoms with van der Waals surface area (Å²) >= 11 is 0. The molecule has 0 radical (unpaired) electrons. The molecule has 0 bridgehead atoms. The van der Waals surface area contributed by atoms with Crippen molar-refractivity contribution in [2.24, 2.45) is 5.92 Å². The molecule has 0 spiro atoms. The molecule has 4 aromatic carbocycles. The fraction of sp³-hybridized carbons (Fsp3) is 0.212. The predicted molar refractivity (Wildman–Crippen MR) is 152 cm³/mol. The van der Waals surface area contributed by atoms with Crippen molar-refractivity contribution in [2.45, 2.75) is 32.6 Å². The number of fused-ring (bicyclic) bond motifs is 1. The summed E-state index contributed by atoms with van der Waals surface area (Å²) in [4.78, 5) is 35.2. The quantitative estimate of drug-likeness (QED) is 0.258. The van der Waals surface area contributed by atoms with E-state index in [2.05, 4.69) is 0 Å². The number of benzene rings is 4. The first kappa shape index (κ1) is 25.6. The van der Waals surface area contributed by atoms with Gasteiger partial charge in [0.25, 0.3) is 5.91 Å². The zero-order chi connectivity index (χ0) is 27.6. The van der Waals surface area contributed by atoms with Crippen LogP contribution in [0.15, 0.2) is 103 Å². The maximum absolute atomic E-state index is 14.0. The van der Waals surface area contributed by atoms with Crippen LogP contribution in [0.3, 0.4) is 0 Å². The van der Waals surface area contributed by atoms with Gasteiger partial charge in [-0.15, -0.1) is 0 Å². The summed E-state index contributed by atoms with van der Waals surface area (Å²) in [6.45, 7) is 4.64. The first-order valence-corrected chi connectivity index (χ1v) is 13.4. The first-order chi connectivity index (χ1) is 19.6. The number of hydrogen-bond donors (Lipinski definition) is 0. The number of hydrogen-bond acceptors (Lipinski definition) is 6. The van der Waals surface area contributed by atoms with E-state index in [1.165, 1.54) is 4.90 Å². The highest BCUT2D eigenvalue weighted by molar-refractivity contribution is 6.24. The van der Waals surface area contributed by atoms with Crippen LogP contribution in [0.2, 0.25) is 0 Å². The van der Waals surface area contributed by atoms with Gasteiger partial charge in [-0.25, -0.2) is 9.96 Å². The Labute approximate surface area is 233 Å². The zero-order valence-electron chi connectivity index (χ0n) is 22.4. The second-order valence-electron chi connectivity index (χ2n) is 9.87. The summed E-state index contributed by atoms with van der Waals surface area (Å²) in [5.41, 5.74) is 4.02. The average molecular weight is 535 g/mol. The molecule has 7 heteroatoms. The Kier molecular flexibility index (Phi) is 6.97. The van der Waals surface area contributed by atoms with Gasteiger partial charge in [-0.1, -0.05) is 72.8 Å². The standard InChI is InChI=1S/C33H30N2O5/c1-3-38-28-20-24(18-19-27(28)39-21-23-13-6-4-7-14-23)30-29-31(40-35(30)25-15-8-5-9-16-25)33(37)34(32(29)36)26-17-11-10-12-22(26)2/h4-20,29-31H,3,21H2,1-2H3/t29-,30-,31-/m0/s1. The van der Waals surface area contributed by atoms with Gasteiger partial charge in [0.1, 0.15) is 12.5 Å². The Balaban J connectivity index is 1.38. The second-order valence-corrected chi connectivity index (χ2v) is 9.87. The molecule has 2 aliphatic rings. The molecule has 3 atom stereocenters. The lowest BCUT2D eigenvalue weighted by Gasteiger charge is -2.29. The summed E-state index contributed by atoms with van der Waals surface area (Å²) in [7, 11) is 0. The van der Waals surface area contributed by atoms with Gasteiger partial charge in [0.05, 0.1) is 24.0 Å². The lowest BCUT2D eigenvalue weighted by molar-refractivity contribution is -0.126. The highest BCUT2D eigenvalue weighted by atomic mass is 16.7. The lowest BCUT2D eigenvalue weighted by atomic mass is 9.90. The minimum Gasteiger partial charge on any atom is -0.490 e. The number of amides is 2. The van der Waals surface area contributed by atoms with Crippen molar-refractivity contribution in [2.75, 3.05) is 16.6 Å². The Hall–Kier alpha value is -4.62. The number of carbonyl (C=O) groups is 2. The molecule has 6 rings (SSSR count). The van der Waals surface area contributed by atoms with Crippen LogP contribution in [0.5, 0.6) is 11.5 Å². The van der Waals surface area contributed by atoms with Crippen molar-refractivity contribution in [3.8, 4) is 11.5 Å². The van der Waals surface area contributed by atoms with E-state index in [0.29, 0.717) is 30.4 Å². The minimum atomic E-state index is -0.943. The normalized spacial score (nSPS) is 20.1. The molecule has 2 heterocycles. The average Bonchev–Trinajstić information content (AvgIpc) is 3.49. The topological polar surface area (TPSA) is 68.3 Å². The molecule has 2 fully saturated rings. The molecule has 0 aliphatic carbocycles. The van der Waals surface area contributed by atoms with Gasteiger partial charge < -0.3 is 9.47 Å². The monoisotopic (exact) mass is 534 g/mol. The summed E-state index contributed by atoms with van der Waals surface area (Å²) in [5, 5.41) is 1.69. The van der Waals surface area contributed by atoms with Gasteiger partial charge >= 0.3 is 0 Å². The van der Waals surface area contributed by atoms with Crippen LogP contribution in [0.4, 0.5) is 11.4 Å². The van der Waals surface area contributed by atoms with Gasteiger partial charge in [0, 0.05) is 0 Å². The maximum atomic E-state index is 14.0. The molecular formula is C33H30N2O5. The number of carbonyl (C=O) groups excluding carboxylic acids is 2. The smallest absolute Gasteiger partial charge is 0.266 e. The molecule has 202 valence electrons. The van der Waals surface area contributed by atoms with E-state index in [1.54, 1.807) is 11.1 Å². The molecule has 2 aliphatic heterocycles. The Morgan fingerprint density at radius 1 is 0.775 bits per heavy atom. The molecule has 0 N–H and O–H groups in total. The molecule has 40 heavy (non-hydrogen) atoms. The number of imide groups is 1. The van der Waals surface area contributed by atoms with Gasteiger partial charge in [0.15, 0.2) is 17.6 Å². The van der Waals surface area contributed by atoms with Crippen molar-refractivity contribution < 1.29 is 23.9 Å². The minimum absolute atomic E-state index is 0.282. The van der Waals surface area contributed by atoms with E-state index < -0.39 is 18.1 Å². The highest BCUT2D eigenvalue weighted by Gasteiger charge is 2.60. The van der Waals surface area contributed by atoms with Crippen molar-refractivity contribution in [3.63, 3.8) is 0 Å². The van der Waals surface area contributed by atoms with E-state index in [4.69, 9.17) is 14.3 Å². The summed E-state index contributed by atoms with van der Waals surface area (Å²) < 4.78 is 12.1. The molecule has 4 aromatic rings. The van der Waals surface area contributed by atoms with Crippen LogP contribution in [-0.4, -0.2) is 24.5 Å². The van der Waals surface area contributed by atoms with E-state index in [9.17, 15) is 9.59 Å². The number of nitrogens with zero attached hydrogens (tertiary/aromatic N) is 2. The van der Waals surface area contributed by atoms with Crippen molar-refractivity contribution >= 4 is 23.2 Å². The zero-order valence-corrected chi connectivity index (χ0v) is 22.4. The number of ether oxygens (including phenoxy) is 2. The van der Waals surface area contributed by atoms with Crippen molar-refractivity contribution in [1.29, 1.82) is 0 Å². The van der Waals surface area contributed by atoms with Gasteiger partial charge in [-0.3, -0.25) is 14.4 Å². The number of rotatable bonds is 8. The predicted octanol–water partition coefficient (Wildman–Crippen LogP) is 6.02. The summed E-state index contributed by atoms with van der Waals surface area (Å²) in [6, 6.07) is 32.0. The van der Waals surface area contributed by atoms with Crippen molar-refractivity contribution in [1.82, 2.24) is 0 Å². The van der Waals surface area contributed by atoms with Crippen LogP contribution in [0, 0.1) is 12.8 Å². The summed E-state index contributed by atoms with van der Waals surface area (Å²) in [5.74, 6) is -0.208. The van der Waals surface area contributed by atoms with Crippen LogP contribution >= 0.6 is 0 Å². The number of hydroxylamine groups is 1. The van der Waals surface area contributed by atoms with Gasteiger partial charge in [0.2, 0.25) is 5.91 Å². The van der Waals surface area contributed by atoms with Crippen LogP contribution in [0.1, 0.15) is 29.7 Å². The number of aryl methyl sites for hydroxylation is 1. The van der Waals surface area contributed by atoms with E-state index in [-0.39, 0.29) is 11.8 Å². The highest BCUT2D eigenvalue weighted by Crippen LogP contribution is 2.49. The number of para-hydroxylation sites is 2. The fourth-order valence-electron chi connectivity index (χ4n) is 5.44. The largest absolute Gasteiger partial charge is 0.490 e. The Bertz CT molecular complexity index is 1520. The third-order valence-electron chi connectivity index (χ3n) is 7.33. The third-order valence-corrected chi connectivity index (χ3v) is 7.33. The van der Waals surface area contributed by atoms with E-state index in [0.717, 1.165) is 22.4 Å². The summed E-state index contributed by atoms with van der Waals surface area (Å²) in [6.07, 6.45) is -0.943. The Morgan fingerprint density at radius 3 is 2.20 bits per heavy atom. The van der Waals surface area contributed by atoms with Crippen LogP contribution in [0.25, 0.3) is 0 Å². The SMILES string of the molecule is CCOc1cc([C@H]2[C@@H]3C(=O)N(c4ccccc4C)C(=O)[C@H]3ON2c2ccccc2)ccc1OCc1ccccc1. The molecule has 0 aromatic heterocycles. The maximum Gasteiger partial charge on any atom is 0.266 e. The Morgan fingerprint density at radius 2 is 1.48 bits per heavy atom. The van der Waals surface area contributed by atoms with Crippen LogP contribution < -0.4 is 19.4 Å². The van der Waals surface area contributed by atoms with Gasteiger partial charge in [-0.05, 0) is 60.9 Å².